The van der Waals surface area contributed by atoms with Crippen molar-refractivity contribution < 1.29 is 4.74 Å². The van der Waals surface area contributed by atoms with E-state index in [0.29, 0.717) is 6.54 Å². The van der Waals surface area contributed by atoms with Crippen LogP contribution in [0.2, 0.25) is 0 Å². The Morgan fingerprint density at radius 3 is 2.75 bits per heavy atom. The standard InChI is InChI=1S/C16H16N2O2/c1-11-6-5-8-13-15(11)18(16(19)17-13)10-12-7-3-4-9-14(12)20-2/h3-9H,10H2,1-2H3,(H,17,19). The van der Waals surface area contributed by atoms with Gasteiger partial charge in [0.2, 0.25) is 0 Å². The number of H-pyrrole nitrogens is 1. The summed E-state index contributed by atoms with van der Waals surface area (Å²) >= 11 is 0. The van der Waals surface area contributed by atoms with Crippen LogP contribution in [-0.4, -0.2) is 16.7 Å². The second-order valence-corrected chi connectivity index (χ2v) is 4.80. The first-order valence-electron chi connectivity index (χ1n) is 6.50. The lowest BCUT2D eigenvalue weighted by Gasteiger charge is -2.09. The van der Waals surface area contributed by atoms with Gasteiger partial charge in [0.25, 0.3) is 0 Å². The molecule has 0 amide bonds. The second kappa shape index (κ2) is 4.89. The van der Waals surface area contributed by atoms with E-state index in [1.165, 1.54) is 0 Å². The van der Waals surface area contributed by atoms with E-state index in [1.807, 2.05) is 49.4 Å². The average molecular weight is 268 g/mol. The van der Waals surface area contributed by atoms with E-state index in [0.717, 1.165) is 27.9 Å². The van der Waals surface area contributed by atoms with E-state index in [4.69, 9.17) is 4.74 Å². The predicted octanol–water partition coefficient (Wildman–Crippen LogP) is 2.69. The summed E-state index contributed by atoms with van der Waals surface area (Å²) in [6.45, 7) is 2.50. The number of aromatic amines is 1. The molecule has 0 fully saturated rings. The average Bonchev–Trinajstić information content (AvgIpc) is 2.77. The minimum atomic E-state index is -0.0970. The quantitative estimate of drug-likeness (QED) is 0.794. The highest BCUT2D eigenvalue weighted by molar-refractivity contribution is 5.78. The molecule has 0 aliphatic carbocycles. The van der Waals surface area contributed by atoms with Gasteiger partial charge in [0.05, 0.1) is 24.7 Å². The van der Waals surface area contributed by atoms with E-state index in [2.05, 4.69) is 4.98 Å². The molecule has 0 aliphatic rings. The zero-order valence-corrected chi connectivity index (χ0v) is 11.5. The molecule has 0 saturated heterocycles. The summed E-state index contributed by atoms with van der Waals surface area (Å²) in [6.07, 6.45) is 0. The molecule has 1 N–H and O–H groups in total. The minimum Gasteiger partial charge on any atom is -0.496 e. The van der Waals surface area contributed by atoms with Gasteiger partial charge >= 0.3 is 5.69 Å². The van der Waals surface area contributed by atoms with Crippen LogP contribution in [0.15, 0.2) is 47.3 Å². The van der Waals surface area contributed by atoms with Crippen molar-refractivity contribution in [3.8, 4) is 5.75 Å². The zero-order chi connectivity index (χ0) is 14.1. The Hall–Kier alpha value is -2.49. The fourth-order valence-corrected chi connectivity index (χ4v) is 2.56. The molecule has 0 saturated carbocycles. The Kier molecular flexibility index (Phi) is 3.06. The molecule has 4 nitrogen and oxygen atoms in total. The fraction of sp³-hybridized carbons (Fsp3) is 0.188. The number of para-hydroxylation sites is 2. The number of nitrogens with zero attached hydrogens (tertiary/aromatic N) is 1. The first-order valence-corrected chi connectivity index (χ1v) is 6.50. The van der Waals surface area contributed by atoms with Gasteiger partial charge in [-0.05, 0) is 24.6 Å². The van der Waals surface area contributed by atoms with Gasteiger partial charge < -0.3 is 9.72 Å². The lowest BCUT2D eigenvalue weighted by atomic mass is 10.1. The third kappa shape index (κ3) is 1.99. The van der Waals surface area contributed by atoms with Gasteiger partial charge in [0, 0.05) is 5.56 Å². The Morgan fingerprint density at radius 1 is 1.15 bits per heavy atom. The number of rotatable bonds is 3. The molecule has 0 bridgehead atoms. The summed E-state index contributed by atoms with van der Waals surface area (Å²) in [4.78, 5) is 15.1. The molecule has 4 heteroatoms. The number of ether oxygens (including phenoxy) is 1. The highest BCUT2D eigenvalue weighted by Crippen LogP contribution is 2.21. The summed E-state index contributed by atoms with van der Waals surface area (Å²) in [5.74, 6) is 0.794. The fourth-order valence-electron chi connectivity index (χ4n) is 2.56. The van der Waals surface area contributed by atoms with E-state index < -0.39 is 0 Å². The number of benzene rings is 2. The highest BCUT2D eigenvalue weighted by Gasteiger charge is 2.11. The van der Waals surface area contributed by atoms with Crippen molar-refractivity contribution in [1.29, 1.82) is 0 Å². The van der Waals surface area contributed by atoms with Crippen molar-refractivity contribution in [3.63, 3.8) is 0 Å². The van der Waals surface area contributed by atoms with Gasteiger partial charge in [-0.3, -0.25) is 4.57 Å². The van der Waals surface area contributed by atoms with Crippen molar-refractivity contribution in [2.45, 2.75) is 13.5 Å². The second-order valence-electron chi connectivity index (χ2n) is 4.80. The number of fused-ring (bicyclic) bond motifs is 1. The third-order valence-corrected chi connectivity index (χ3v) is 3.52. The number of methoxy groups -OCH3 is 1. The normalized spacial score (nSPS) is 10.9. The van der Waals surface area contributed by atoms with Gasteiger partial charge in [-0.25, -0.2) is 4.79 Å². The van der Waals surface area contributed by atoms with E-state index in [9.17, 15) is 4.79 Å². The monoisotopic (exact) mass is 268 g/mol. The summed E-state index contributed by atoms with van der Waals surface area (Å²) in [6, 6.07) is 13.6. The molecule has 2 aromatic carbocycles. The smallest absolute Gasteiger partial charge is 0.326 e. The van der Waals surface area contributed by atoms with Crippen LogP contribution in [0.25, 0.3) is 11.0 Å². The lowest BCUT2D eigenvalue weighted by Crippen LogP contribution is -2.18. The van der Waals surface area contributed by atoms with Crippen LogP contribution in [0.1, 0.15) is 11.1 Å². The summed E-state index contributed by atoms with van der Waals surface area (Å²) in [7, 11) is 1.64. The molecule has 0 atom stereocenters. The molecule has 3 aromatic rings. The van der Waals surface area contributed by atoms with Crippen LogP contribution in [-0.2, 0) is 6.54 Å². The van der Waals surface area contributed by atoms with Gasteiger partial charge in [-0.2, -0.15) is 0 Å². The van der Waals surface area contributed by atoms with Crippen LogP contribution in [0.4, 0.5) is 0 Å². The molecule has 102 valence electrons. The molecule has 20 heavy (non-hydrogen) atoms. The molecule has 0 radical (unpaired) electrons. The lowest BCUT2D eigenvalue weighted by molar-refractivity contribution is 0.408. The van der Waals surface area contributed by atoms with Crippen molar-refractivity contribution in [2.24, 2.45) is 0 Å². The molecule has 1 aromatic heterocycles. The molecular weight excluding hydrogens is 252 g/mol. The van der Waals surface area contributed by atoms with Crippen molar-refractivity contribution >= 4 is 11.0 Å². The van der Waals surface area contributed by atoms with Crippen molar-refractivity contribution in [2.75, 3.05) is 7.11 Å². The number of imidazole rings is 1. The summed E-state index contributed by atoms with van der Waals surface area (Å²) in [5, 5.41) is 0. The molecule has 0 aliphatic heterocycles. The Balaban J connectivity index is 2.16. The summed E-state index contributed by atoms with van der Waals surface area (Å²) < 4.78 is 7.10. The topological polar surface area (TPSA) is 47.0 Å². The zero-order valence-electron chi connectivity index (χ0n) is 11.5. The molecular formula is C16H16N2O2. The molecule has 3 rings (SSSR count). The molecule has 1 heterocycles. The maximum absolute atomic E-state index is 12.2. The van der Waals surface area contributed by atoms with Crippen LogP contribution in [0.3, 0.4) is 0 Å². The Bertz CT molecular complexity index is 815. The van der Waals surface area contributed by atoms with Gasteiger partial charge in [0.15, 0.2) is 0 Å². The van der Waals surface area contributed by atoms with E-state index in [-0.39, 0.29) is 5.69 Å². The third-order valence-electron chi connectivity index (χ3n) is 3.52. The number of hydrogen-bond acceptors (Lipinski definition) is 2. The van der Waals surface area contributed by atoms with E-state index >= 15 is 0 Å². The predicted molar refractivity (Wildman–Crippen MR) is 79.4 cm³/mol. The molecule has 0 unspecified atom stereocenters. The van der Waals surface area contributed by atoms with Crippen LogP contribution in [0.5, 0.6) is 5.75 Å². The number of nitrogens with one attached hydrogen (secondary N) is 1. The highest BCUT2D eigenvalue weighted by atomic mass is 16.5. The largest absolute Gasteiger partial charge is 0.496 e. The SMILES string of the molecule is COc1ccccc1Cn1c(=O)[nH]c2cccc(C)c21. The number of aromatic nitrogens is 2. The first kappa shape index (κ1) is 12.5. The van der Waals surface area contributed by atoms with Crippen LogP contribution in [0, 0.1) is 6.92 Å². The van der Waals surface area contributed by atoms with Crippen molar-refractivity contribution in [3.05, 3.63) is 64.1 Å². The van der Waals surface area contributed by atoms with Crippen LogP contribution < -0.4 is 10.4 Å². The molecule has 0 spiro atoms. The summed E-state index contributed by atoms with van der Waals surface area (Å²) in [5.41, 5.74) is 3.78. The van der Waals surface area contributed by atoms with Crippen molar-refractivity contribution in [1.82, 2.24) is 9.55 Å². The Morgan fingerprint density at radius 2 is 1.95 bits per heavy atom. The maximum Gasteiger partial charge on any atom is 0.326 e. The van der Waals surface area contributed by atoms with E-state index in [1.54, 1.807) is 11.7 Å². The van der Waals surface area contributed by atoms with Gasteiger partial charge in [-0.15, -0.1) is 0 Å². The minimum absolute atomic E-state index is 0.0970. The number of hydrogen-bond donors (Lipinski definition) is 1. The maximum atomic E-state index is 12.2. The van der Waals surface area contributed by atoms with Gasteiger partial charge in [0.1, 0.15) is 5.75 Å². The number of aryl methyl sites for hydroxylation is 1. The van der Waals surface area contributed by atoms with Crippen LogP contribution >= 0.6 is 0 Å². The van der Waals surface area contributed by atoms with Gasteiger partial charge in [-0.1, -0.05) is 30.3 Å². The Labute approximate surface area is 116 Å². The first-order chi connectivity index (χ1) is 9.70.